The number of hydrogen-bond donors (Lipinski definition) is 1. The van der Waals surface area contributed by atoms with E-state index in [1.807, 2.05) is 37.3 Å². The molecule has 0 fully saturated rings. The standard InChI is InChI=1S/C18H10Cl2N4OS/c1-9-2-4-10(5-3-9)22-16-11(8-21)17(25)24-14-6-12(19)13(20)7-15(14)26-18(24)23-16/h2-7,22H,1H3. The highest BCUT2D eigenvalue weighted by Crippen LogP contribution is 2.33. The zero-order valence-corrected chi connectivity index (χ0v) is 15.7. The first-order valence-corrected chi connectivity index (χ1v) is 9.13. The van der Waals surface area contributed by atoms with Gasteiger partial charge in [0.25, 0.3) is 5.56 Å². The van der Waals surface area contributed by atoms with Gasteiger partial charge in [-0.05, 0) is 31.2 Å². The molecule has 0 amide bonds. The van der Waals surface area contributed by atoms with Crippen LogP contribution in [0.15, 0.2) is 41.2 Å². The summed E-state index contributed by atoms with van der Waals surface area (Å²) in [5.74, 6) is 0.227. The molecular formula is C18H10Cl2N4OS. The van der Waals surface area contributed by atoms with Crippen LogP contribution in [-0.4, -0.2) is 9.38 Å². The van der Waals surface area contributed by atoms with E-state index in [1.54, 1.807) is 12.1 Å². The van der Waals surface area contributed by atoms with E-state index in [2.05, 4.69) is 10.3 Å². The number of thiazole rings is 1. The SMILES string of the molecule is Cc1ccc(Nc2nc3sc4cc(Cl)c(Cl)cc4n3c(=O)c2C#N)cc1. The zero-order valence-electron chi connectivity index (χ0n) is 13.4. The number of benzene rings is 2. The third-order valence-corrected chi connectivity index (χ3v) is 5.65. The van der Waals surface area contributed by atoms with Crippen molar-refractivity contribution in [1.82, 2.24) is 9.38 Å². The number of fused-ring (bicyclic) bond motifs is 3. The maximum absolute atomic E-state index is 12.9. The van der Waals surface area contributed by atoms with Crippen LogP contribution in [-0.2, 0) is 0 Å². The van der Waals surface area contributed by atoms with Crippen LogP contribution in [0, 0.1) is 18.3 Å². The van der Waals surface area contributed by atoms with Crippen molar-refractivity contribution in [3.8, 4) is 6.07 Å². The number of aryl methyl sites for hydroxylation is 1. The highest BCUT2D eigenvalue weighted by atomic mass is 35.5. The molecule has 0 saturated carbocycles. The number of nitrogens with one attached hydrogen (secondary N) is 1. The summed E-state index contributed by atoms with van der Waals surface area (Å²) in [6.07, 6.45) is 0. The number of hydrogen-bond acceptors (Lipinski definition) is 5. The molecule has 0 aliphatic carbocycles. The van der Waals surface area contributed by atoms with Crippen LogP contribution >= 0.6 is 34.5 Å². The Labute approximate surface area is 162 Å². The molecule has 0 saturated heterocycles. The van der Waals surface area contributed by atoms with Crippen molar-refractivity contribution >= 4 is 61.2 Å². The topological polar surface area (TPSA) is 70.2 Å². The first kappa shape index (κ1) is 16.9. The van der Waals surface area contributed by atoms with Gasteiger partial charge in [-0.2, -0.15) is 5.26 Å². The van der Waals surface area contributed by atoms with Gasteiger partial charge in [-0.3, -0.25) is 4.79 Å². The van der Waals surface area contributed by atoms with E-state index in [-0.39, 0.29) is 11.4 Å². The molecule has 2 aromatic carbocycles. The smallest absolute Gasteiger partial charge is 0.279 e. The van der Waals surface area contributed by atoms with Crippen LogP contribution in [0.4, 0.5) is 11.5 Å². The first-order chi connectivity index (χ1) is 12.5. The summed E-state index contributed by atoms with van der Waals surface area (Å²) in [5.41, 5.74) is 1.93. The average Bonchev–Trinajstić information content (AvgIpc) is 2.95. The molecule has 4 aromatic rings. The van der Waals surface area contributed by atoms with Gasteiger partial charge in [-0.1, -0.05) is 52.2 Å². The molecular weight excluding hydrogens is 391 g/mol. The van der Waals surface area contributed by atoms with Crippen molar-refractivity contribution in [1.29, 1.82) is 5.26 Å². The number of anilines is 2. The van der Waals surface area contributed by atoms with Gasteiger partial charge in [0.15, 0.2) is 16.3 Å². The van der Waals surface area contributed by atoms with Crippen LogP contribution in [0.25, 0.3) is 15.2 Å². The van der Waals surface area contributed by atoms with E-state index < -0.39 is 5.56 Å². The monoisotopic (exact) mass is 400 g/mol. The van der Waals surface area contributed by atoms with Gasteiger partial charge >= 0.3 is 0 Å². The minimum atomic E-state index is -0.447. The highest BCUT2D eigenvalue weighted by Gasteiger charge is 2.17. The van der Waals surface area contributed by atoms with Crippen molar-refractivity contribution in [3.05, 3.63) is 67.9 Å². The maximum atomic E-state index is 12.9. The lowest BCUT2D eigenvalue weighted by atomic mass is 10.2. The molecule has 128 valence electrons. The highest BCUT2D eigenvalue weighted by molar-refractivity contribution is 7.23. The summed E-state index contributed by atoms with van der Waals surface area (Å²) in [6.45, 7) is 1.98. The second-order valence-electron chi connectivity index (χ2n) is 5.70. The lowest BCUT2D eigenvalue weighted by Crippen LogP contribution is -2.19. The van der Waals surface area contributed by atoms with Gasteiger partial charge in [0.2, 0.25) is 0 Å². The Kier molecular flexibility index (Phi) is 4.08. The second-order valence-corrected chi connectivity index (χ2v) is 7.52. The van der Waals surface area contributed by atoms with Crippen LogP contribution < -0.4 is 10.9 Å². The van der Waals surface area contributed by atoms with Crippen LogP contribution in [0.5, 0.6) is 0 Å². The van der Waals surface area contributed by atoms with Gasteiger partial charge in [0.05, 0.1) is 20.3 Å². The van der Waals surface area contributed by atoms with Crippen LogP contribution in [0.3, 0.4) is 0 Å². The van der Waals surface area contributed by atoms with Crippen molar-refractivity contribution < 1.29 is 0 Å². The van der Waals surface area contributed by atoms with Crippen molar-refractivity contribution in [2.24, 2.45) is 0 Å². The summed E-state index contributed by atoms with van der Waals surface area (Å²) in [4.78, 5) is 17.8. The molecule has 4 rings (SSSR count). The molecule has 8 heteroatoms. The lowest BCUT2D eigenvalue weighted by Gasteiger charge is -2.08. The fourth-order valence-corrected chi connectivity index (χ4v) is 4.04. The lowest BCUT2D eigenvalue weighted by molar-refractivity contribution is 1.10. The summed E-state index contributed by atoms with van der Waals surface area (Å²) in [5, 5.41) is 13.3. The van der Waals surface area contributed by atoms with E-state index in [9.17, 15) is 10.1 Å². The summed E-state index contributed by atoms with van der Waals surface area (Å²) < 4.78 is 2.15. The summed E-state index contributed by atoms with van der Waals surface area (Å²) >= 11 is 13.5. The normalized spacial score (nSPS) is 11.0. The minimum absolute atomic E-state index is 0.0613. The molecule has 0 aliphatic rings. The van der Waals surface area contributed by atoms with Crippen LogP contribution in [0.1, 0.15) is 11.1 Å². The minimum Gasteiger partial charge on any atom is -0.339 e. The average molecular weight is 401 g/mol. The molecule has 2 heterocycles. The number of nitriles is 1. The Hall–Kier alpha value is -2.59. The molecule has 1 N–H and O–H groups in total. The molecule has 0 spiro atoms. The third kappa shape index (κ3) is 2.71. The number of rotatable bonds is 2. The van der Waals surface area contributed by atoms with E-state index in [0.29, 0.717) is 20.5 Å². The largest absolute Gasteiger partial charge is 0.339 e. The Bertz CT molecular complexity index is 1270. The third-order valence-electron chi connectivity index (χ3n) is 3.92. The van der Waals surface area contributed by atoms with Crippen LogP contribution in [0.2, 0.25) is 10.0 Å². The Morgan fingerprint density at radius 3 is 2.58 bits per heavy atom. The Morgan fingerprint density at radius 2 is 1.88 bits per heavy atom. The number of nitrogens with zero attached hydrogens (tertiary/aromatic N) is 3. The predicted molar refractivity (Wildman–Crippen MR) is 106 cm³/mol. The maximum Gasteiger partial charge on any atom is 0.279 e. The molecule has 0 bridgehead atoms. The molecule has 26 heavy (non-hydrogen) atoms. The summed E-state index contributed by atoms with van der Waals surface area (Å²) in [7, 11) is 0. The van der Waals surface area contributed by atoms with Gasteiger partial charge < -0.3 is 5.32 Å². The van der Waals surface area contributed by atoms with Gasteiger partial charge in [0, 0.05) is 5.69 Å². The fourth-order valence-electron chi connectivity index (χ4n) is 2.62. The van der Waals surface area contributed by atoms with Crippen molar-refractivity contribution in [2.45, 2.75) is 6.92 Å². The molecule has 2 aromatic heterocycles. The molecule has 0 unspecified atom stereocenters. The first-order valence-electron chi connectivity index (χ1n) is 7.56. The summed E-state index contributed by atoms with van der Waals surface area (Å²) in [6, 6.07) is 12.9. The van der Waals surface area contributed by atoms with E-state index >= 15 is 0 Å². The second kappa shape index (κ2) is 6.29. The quantitative estimate of drug-likeness (QED) is 0.505. The predicted octanol–water partition coefficient (Wildman–Crippen LogP) is 5.14. The molecule has 0 aliphatic heterocycles. The molecule has 0 atom stereocenters. The van der Waals surface area contributed by atoms with Crippen molar-refractivity contribution in [2.75, 3.05) is 5.32 Å². The zero-order chi connectivity index (χ0) is 18.4. The Balaban J connectivity index is 1.97. The van der Waals surface area contributed by atoms with E-state index in [0.717, 1.165) is 16.0 Å². The Morgan fingerprint density at radius 1 is 1.19 bits per heavy atom. The van der Waals surface area contributed by atoms with E-state index in [1.165, 1.54) is 15.7 Å². The van der Waals surface area contributed by atoms with Gasteiger partial charge in [-0.15, -0.1) is 0 Å². The molecule has 5 nitrogen and oxygen atoms in total. The van der Waals surface area contributed by atoms with Gasteiger partial charge in [0.1, 0.15) is 6.07 Å². The van der Waals surface area contributed by atoms with Crippen molar-refractivity contribution in [3.63, 3.8) is 0 Å². The number of aromatic nitrogens is 2. The fraction of sp³-hybridized carbons (Fsp3) is 0.0556. The van der Waals surface area contributed by atoms with E-state index in [4.69, 9.17) is 23.2 Å². The molecule has 0 radical (unpaired) electrons. The van der Waals surface area contributed by atoms with Gasteiger partial charge in [-0.25, -0.2) is 9.38 Å². The number of halogens is 2.